The number of amides is 1. The van der Waals surface area contributed by atoms with Crippen LogP contribution in [0.2, 0.25) is 0 Å². The van der Waals surface area contributed by atoms with Gasteiger partial charge < -0.3 is 9.47 Å². The number of hydrazone groups is 1. The van der Waals surface area contributed by atoms with E-state index in [1.165, 1.54) is 55.8 Å². The first-order valence-corrected chi connectivity index (χ1v) is 14.6. The Bertz CT molecular complexity index is 1700. The molecule has 4 aromatic carbocycles. The molecule has 0 heterocycles. The molecule has 0 radical (unpaired) electrons. The maximum atomic E-state index is 13.5. The average molecular weight is 654 g/mol. The Labute approximate surface area is 250 Å². The molecule has 0 unspecified atom stereocenters. The molecule has 4 aromatic rings. The highest BCUT2D eigenvalue weighted by atomic mass is 79.9. The highest BCUT2D eigenvalue weighted by molar-refractivity contribution is 9.10. The quantitative estimate of drug-likeness (QED) is 0.125. The van der Waals surface area contributed by atoms with Gasteiger partial charge in [0.2, 0.25) is 0 Å². The number of methoxy groups -OCH3 is 1. The summed E-state index contributed by atoms with van der Waals surface area (Å²) in [4.78, 5) is 23.7. The zero-order chi connectivity index (χ0) is 30.1. The van der Waals surface area contributed by atoms with Gasteiger partial charge in [0, 0.05) is 6.07 Å². The molecule has 1 N–H and O–H groups in total. The lowest BCUT2D eigenvalue weighted by Crippen LogP contribution is -2.39. The molecule has 0 saturated carbocycles. The third kappa shape index (κ3) is 7.30. The van der Waals surface area contributed by atoms with Crippen molar-refractivity contribution < 1.29 is 27.6 Å². The Balaban J connectivity index is 1.53. The van der Waals surface area contributed by atoms with Crippen LogP contribution in [0.1, 0.15) is 11.1 Å². The molecule has 0 fully saturated rings. The zero-order valence-corrected chi connectivity index (χ0v) is 24.6. The molecule has 216 valence electrons. The third-order valence-corrected chi connectivity index (χ3v) is 8.21. The van der Waals surface area contributed by atoms with E-state index in [0.717, 1.165) is 11.6 Å². The van der Waals surface area contributed by atoms with E-state index in [1.54, 1.807) is 18.2 Å². The van der Waals surface area contributed by atoms with Gasteiger partial charge in [-0.15, -0.1) is 0 Å². The molecule has 1 amide bonds. The SMILES string of the molecule is COc1cc(/C=N\NC(=O)CN(c2ccccc2[N+](=O)[O-])S(=O)(=O)c2ccccc2)cc(Br)c1OCc1ccccc1. The van der Waals surface area contributed by atoms with Gasteiger partial charge in [-0.05, 0) is 57.4 Å². The highest BCUT2D eigenvalue weighted by Crippen LogP contribution is 2.37. The molecule has 0 saturated heterocycles. The van der Waals surface area contributed by atoms with Crippen molar-refractivity contribution in [2.24, 2.45) is 5.10 Å². The second kappa shape index (κ2) is 13.7. The van der Waals surface area contributed by atoms with E-state index < -0.39 is 33.1 Å². The Kier molecular flexibility index (Phi) is 9.89. The van der Waals surface area contributed by atoms with Crippen LogP contribution in [0.3, 0.4) is 0 Å². The first-order chi connectivity index (χ1) is 20.2. The van der Waals surface area contributed by atoms with Gasteiger partial charge >= 0.3 is 0 Å². The molecule has 0 bridgehead atoms. The molecule has 0 aromatic heterocycles. The lowest BCUT2D eigenvalue weighted by atomic mass is 10.2. The van der Waals surface area contributed by atoms with E-state index in [4.69, 9.17) is 9.47 Å². The monoisotopic (exact) mass is 652 g/mol. The number of anilines is 1. The third-order valence-electron chi connectivity index (χ3n) is 5.85. The number of nitro benzene ring substituents is 1. The van der Waals surface area contributed by atoms with Crippen molar-refractivity contribution in [3.8, 4) is 11.5 Å². The number of nitrogens with one attached hydrogen (secondary N) is 1. The summed E-state index contributed by atoms with van der Waals surface area (Å²) < 4.78 is 39.6. The van der Waals surface area contributed by atoms with Crippen molar-refractivity contribution in [3.63, 3.8) is 0 Å². The molecule has 0 aliphatic carbocycles. The molecule has 0 aliphatic rings. The summed E-state index contributed by atoms with van der Waals surface area (Å²) in [5.74, 6) is 0.0797. The standard InChI is InChI=1S/C29H25BrN4O7S/c1-40-27-17-22(16-24(30)29(27)41-20-21-10-4-2-5-11-21)18-31-32-28(35)19-33(25-14-8-9-15-26(25)34(36)37)42(38,39)23-12-6-3-7-13-23/h2-18H,19-20H2,1H3,(H,32,35)/b31-18-. The summed E-state index contributed by atoms with van der Waals surface area (Å²) in [6.45, 7) is -0.444. The highest BCUT2D eigenvalue weighted by Gasteiger charge is 2.31. The summed E-state index contributed by atoms with van der Waals surface area (Å²) in [6, 6.07) is 25.6. The van der Waals surface area contributed by atoms with Crippen molar-refractivity contribution in [1.82, 2.24) is 5.43 Å². The number of hydrogen-bond donors (Lipinski definition) is 1. The second-order valence-corrected chi connectivity index (χ2v) is 11.4. The minimum Gasteiger partial charge on any atom is -0.493 e. The van der Waals surface area contributed by atoms with Crippen molar-refractivity contribution in [3.05, 3.63) is 123 Å². The number of sulfonamides is 1. The van der Waals surface area contributed by atoms with E-state index >= 15 is 0 Å². The lowest BCUT2D eigenvalue weighted by molar-refractivity contribution is -0.384. The average Bonchev–Trinajstić information content (AvgIpc) is 3.00. The largest absolute Gasteiger partial charge is 0.493 e. The Morgan fingerprint density at radius 1 is 1.02 bits per heavy atom. The fourth-order valence-electron chi connectivity index (χ4n) is 3.88. The number of para-hydroxylation sites is 2. The van der Waals surface area contributed by atoms with E-state index in [0.29, 0.717) is 32.4 Å². The molecular formula is C29H25BrN4O7S. The number of carbonyl (C=O) groups excluding carboxylic acids is 1. The van der Waals surface area contributed by atoms with Crippen LogP contribution in [-0.4, -0.2) is 39.1 Å². The summed E-state index contributed by atoms with van der Waals surface area (Å²) in [5.41, 5.74) is 3.07. The molecule has 0 atom stereocenters. The smallest absolute Gasteiger partial charge is 0.293 e. The molecule has 11 nitrogen and oxygen atoms in total. The van der Waals surface area contributed by atoms with E-state index in [-0.39, 0.29) is 10.6 Å². The fraction of sp³-hybridized carbons (Fsp3) is 0.103. The maximum absolute atomic E-state index is 13.5. The van der Waals surface area contributed by atoms with E-state index in [2.05, 4.69) is 26.5 Å². The zero-order valence-electron chi connectivity index (χ0n) is 22.2. The molecule has 0 spiro atoms. The number of ether oxygens (including phenoxy) is 2. The van der Waals surface area contributed by atoms with Crippen molar-refractivity contribution >= 4 is 49.4 Å². The molecule has 0 aliphatic heterocycles. The van der Waals surface area contributed by atoms with Gasteiger partial charge in [0.15, 0.2) is 11.5 Å². The number of carbonyl (C=O) groups is 1. The van der Waals surface area contributed by atoms with Crippen LogP contribution in [0, 0.1) is 10.1 Å². The van der Waals surface area contributed by atoms with Crippen molar-refractivity contribution in [2.75, 3.05) is 18.0 Å². The predicted molar refractivity (Wildman–Crippen MR) is 161 cm³/mol. The van der Waals surface area contributed by atoms with Crippen LogP contribution < -0.4 is 19.2 Å². The first-order valence-electron chi connectivity index (χ1n) is 12.4. The van der Waals surface area contributed by atoms with Crippen LogP contribution in [0.25, 0.3) is 0 Å². The van der Waals surface area contributed by atoms with E-state index in [9.17, 15) is 23.3 Å². The first kappa shape index (κ1) is 30.2. The van der Waals surface area contributed by atoms with Gasteiger partial charge in [-0.2, -0.15) is 5.10 Å². The van der Waals surface area contributed by atoms with Gasteiger partial charge in [-0.25, -0.2) is 18.1 Å². The Morgan fingerprint density at radius 3 is 2.33 bits per heavy atom. The fourth-order valence-corrected chi connectivity index (χ4v) is 5.91. The normalized spacial score (nSPS) is 11.2. The molecule has 42 heavy (non-hydrogen) atoms. The molecule has 13 heteroatoms. The summed E-state index contributed by atoms with van der Waals surface area (Å²) in [7, 11) is -2.86. The van der Waals surface area contributed by atoms with Gasteiger partial charge in [0.1, 0.15) is 18.8 Å². The number of benzene rings is 4. The van der Waals surface area contributed by atoms with Gasteiger partial charge in [-0.1, -0.05) is 60.7 Å². The number of nitro groups is 1. The summed E-state index contributed by atoms with van der Waals surface area (Å²) in [5, 5.41) is 15.6. The van der Waals surface area contributed by atoms with Crippen LogP contribution in [0.4, 0.5) is 11.4 Å². The number of hydrogen-bond acceptors (Lipinski definition) is 8. The van der Waals surface area contributed by atoms with Crippen molar-refractivity contribution in [1.29, 1.82) is 0 Å². The van der Waals surface area contributed by atoms with Crippen LogP contribution >= 0.6 is 15.9 Å². The Morgan fingerprint density at radius 2 is 1.67 bits per heavy atom. The Hall–Kier alpha value is -4.75. The van der Waals surface area contributed by atoms with Crippen molar-refractivity contribution in [2.45, 2.75) is 11.5 Å². The predicted octanol–water partition coefficient (Wildman–Crippen LogP) is 5.29. The second-order valence-electron chi connectivity index (χ2n) is 8.67. The maximum Gasteiger partial charge on any atom is 0.293 e. The van der Waals surface area contributed by atoms with Crippen LogP contribution in [-0.2, 0) is 21.4 Å². The molecule has 4 rings (SSSR count). The topological polar surface area (TPSA) is 140 Å². The minimum atomic E-state index is -4.35. The molecular weight excluding hydrogens is 628 g/mol. The van der Waals surface area contributed by atoms with E-state index in [1.807, 2.05) is 30.3 Å². The number of halogens is 1. The summed E-state index contributed by atoms with van der Waals surface area (Å²) in [6.07, 6.45) is 1.34. The number of rotatable bonds is 12. The van der Waals surface area contributed by atoms with Crippen LogP contribution in [0.15, 0.2) is 112 Å². The lowest BCUT2D eigenvalue weighted by Gasteiger charge is -2.23. The minimum absolute atomic E-state index is 0.133. The number of nitrogens with zero attached hydrogens (tertiary/aromatic N) is 3. The van der Waals surface area contributed by atoms with Gasteiger partial charge in [-0.3, -0.25) is 14.9 Å². The van der Waals surface area contributed by atoms with Gasteiger partial charge in [0.25, 0.3) is 21.6 Å². The van der Waals surface area contributed by atoms with Crippen LogP contribution in [0.5, 0.6) is 11.5 Å². The van der Waals surface area contributed by atoms with Gasteiger partial charge in [0.05, 0.1) is 27.6 Å². The summed E-state index contributed by atoms with van der Waals surface area (Å²) >= 11 is 3.47.